The molecule has 6 heteroatoms. The molecule has 0 fully saturated rings. The summed E-state index contributed by atoms with van der Waals surface area (Å²) in [6.45, 7) is 1.63. The molecular weight excluding hydrogens is 306 g/mol. The number of rotatable bonds is 5. The Hall–Kier alpha value is -2.99. The zero-order chi connectivity index (χ0) is 16.9. The van der Waals surface area contributed by atoms with E-state index < -0.39 is 5.97 Å². The van der Waals surface area contributed by atoms with E-state index in [-0.39, 0.29) is 13.2 Å². The van der Waals surface area contributed by atoms with E-state index in [2.05, 4.69) is 10.3 Å². The molecule has 0 atom stereocenters. The minimum atomic E-state index is -0.482. The molecule has 0 unspecified atom stereocenters. The number of carbonyl (C=O) groups excluding carboxylic acids is 1. The molecule has 0 bridgehead atoms. The molecule has 6 nitrogen and oxygen atoms in total. The van der Waals surface area contributed by atoms with Crippen LogP contribution in [0.1, 0.15) is 12.5 Å². The average Bonchev–Trinajstić information content (AvgIpc) is 3.04. The van der Waals surface area contributed by atoms with Gasteiger partial charge in [-0.25, -0.2) is 9.31 Å². The van der Waals surface area contributed by atoms with E-state index in [1.54, 1.807) is 4.52 Å². The molecule has 2 aromatic heterocycles. The van der Waals surface area contributed by atoms with Gasteiger partial charge in [-0.05, 0) is 30.2 Å². The number of allylic oxidation sites excluding steroid dienone is 1. The second kappa shape index (κ2) is 7.06. The maximum atomic E-state index is 11.8. The Bertz CT molecular complexity index is 899. The minimum absolute atomic E-state index is 0.0140. The van der Waals surface area contributed by atoms with Crippen LogP contribution in [0.25, 0.3) is 22.3 Å². The topological polar surface area (TPSA) is 76.7 Å². The number of carbonyl (C=O) groups is 1. The van der Waals surface area contributed by atoms with Crippen molar-refractivity contribution in [3.63, 3.8) is 0 Å². The molecule has 1 N–H and O–H groups in total. The quantitative estimate of drug-likeness (QED) is 0.576. The van der Waals surface area contributed by atoms with Crippen LogP contribution in [0.4, 0.5) is 0 Å². The Morgan fingerprint density at radius 1 is 1.25 bits per heavy atom. The molecule has 0 amide bonds. The summed E-state index contributed by atoms with van der Waals surface area (Å²) in [6, 6.07) is 13.5. The molecule has 0 aliphatic rings. The molecule has 0 saturated carbocycles. The number of esters is 1. The third-order valence-electron chi connectivity index (χ3n) is 3.60. The van der Waals surface area contributed by atoms with Crippen molar-refractivity contribution in [3.05, 3.63) is 60.3 Å². The van der Waals surface area contributed by atoms with E-state index in [0.717, 1.165) is 27.9 Å². The van der Waals surface area contributed by atoms with Crippen LogP contribution in [0.15, 0.2) is 54.7 Å². The smallest absolute Gasteiger partial charge is 0.331 e. The lowest BCUT2D eigenvalue weighted by atomic mass is 9.98. The highest BCUT2D eigenvalue weighted by Gasteiger charge is 2.13. The van der Waals surface area contributed by atoms with E-state index in [1.807, 2.05) is 55.6 Å². The van der Waals surface area contributed by atoms with Gasteiger partial charge < -0.3 is 9.84 Å². The van der Waals surface area contributed by atoms with Gasteiger partial charge in [0.05, 0.1) is 12.1 Å². The molecule has 0 saturated heterocycles. The summed E-state index contributed by atoms with van der Waals surface area (Å²) in [6.07, 6.45) is 3.25. The molecular formula is C18H17N3O3. The Kier molecular flexibility index (Phi) is 4.67. The second-order valence-electron chi connectivity index (χ2n) is 5.23. The highest BCUT2D eigenvalue weighted by Crippen LogP contribution is 2.30. The molecule has 122 valence electrons. The summed E-state index contributed by atoms with van der Waals surface area (Å²) < 4.78 is 6.60. The minimum Gasteiger partial charge on any atom is -0.460 e. The van der Waals surface area contributed by atoms with Gasteiger partial charge >= 0.3 is 5.97 Å². The lowest BCUT2D eigenvalue weighted by Crippen LogP contribution is -2.06. The van der Waals surface area contributed by atoms with E-state index >= 15 is 0 Å². The van der Waals surface area contributed by atoms with Crippen LogP contribution in [0, 0.1) is 0 Å². The Morgan fingerprint density at radius 3 is 2.88 bits per heavy atom. The largest absolute Gasteiger partial charge is 0.460 e. The molecule has 3 rings (SSSR count). The molecule has 0 aliphatic carbocycles. The number of benzene rings is 1. The molecule has 0 radical (unpaired) electrons. The van der Waals surface area contributed by atoms with Crippen LogP contribution < -0.4 is 0 Å². The van der Waals surface area contributed by atoms with Crippen LogP contribution in [-0.2, 0) is 9.53 Å². The SMILES string of the molecule is C/C(=C\C(=O)OCCO)c1ccccc1-c1nnn2ccccc12. The average molecular weight is 323 g/mol. The maximum absolute atomic E-state index is 11.8. The van der Waals surface area contributed by atoms with Gasteiger partial charge in [-0.2, -0.15) is 0 Å². The lowest BCUT2D eigenvalue weighted by molar-refractivity contribution is -0.138. The Morgan fingerprint density at radius 2 is 2.04 bits per heavy atom. The highest BCUT2D eigenvalue weighted by molar-refractivity contribution is 5.94. The number of ether oxygens (including phenoxy) is 1. The Labute approximate surface area is 139 Å². The number of hydrogen-bond donors (Lipinski definition) is 1. The zero-order valence-electron chi connectivity index (χ0n) is 13.2. The van der Waals surface area contributed by atoms with Crippen LogP contribution in [-0.4, -0.2) is 39.1 Å². The number of nitrogens with zero attached hydrogens (tertiary/aromatic N) is 3. The van der Waals surface area contributed by atoms with Gasteiger partial charge in [0.15, 0.2) is 0 Å². The number of aromatic nitrogens is 3. The third kappa shape index (κ3) is 3.18. The van der Waals surface area contributed by atoms with E-state index in [9.17, 15) is 4.79 Å². The molecule has 2 heterocycles. The van der Waals surface area contributed by atoms with E-state index in [4.69, 9.17) is 9.84 Å². The number of fused-ring (bicyclic) bond motifs is 1. The van der Waals surface area contributed by atoms with Gasteiger partial charge in [-0.15, -0.1) is 5.10 Å². The third-order valence-corrected chi connectivity index (χ3v) is 3.60. The first-order chi connectivity index (χ1) is 11.7. The van der Waals surface area contributed by atoms with Crippen molar-refractivity contribution in [2.45, 2.75) is 6.92 Å². The van der Waals surface area contributed by atoms with Crippen molar-refractivity contribution >= 4 is 17.1 Å². The fourth-order valence-electron chi connectivity index (χ4n) is 2.51. The first-order valence-corrected chi connectivity index (χ1v) is 7.56. The van der Waals surface area contributed by atoms with Crippen molar-refractivity contribution in [3.8, 4) is 11.3 Å². The second-order valence-corrected chi connectivity index (χ2v) is 5.23. The number of hydrogen-bond acceptors (Lipinski definition) is 5. The number of aliphatic hydroxyl groups excluding tert-OH is 1. The van der Waals surface area contributed by atoms with Crippen molar-refractivity contribution in [1.29, 1.82) is 0 Å². The molecule has 1 aromatic carbocycles. The highest BCUT2D eigenvalue weighted by atomic mass is 16.5. The standard InChI is InChI=1S/C18H17N3O3/c1-13(12-17(23)24-11-10-22)14-6-2-3-7-15(14)18-16-8-4-5-9-21(16)20-19-18/h2-9,12,22H,10-11H2,1H3/b13-12+. The monoisotopic (exact) mass is 323 g/mol. The van der Waals surface area contributed by atoms with E-state index in [1.165, 1.54) is 6.08 Å². The van der Waals surface area contributed by atoms with Gasteiger partial charge in [0, 0.05) is 17.8 Å². The fraction of sp³-hybridized carbons (Fsp3) is 0.167. The van der Waals surface area contributed by atoms with Crippen LogP contribution in [0.3, 0.4) is 0 Å². The molecule has 3 aromatic rings. The van der Waals surface area contributed by atoms with Crippen molar-refractivity contribution in [1.82, 2.24) is 14.8 Å². The van der Waals surface area contributed by atoms with Crippen molar-refractivity contribution < 1.29 is 14.6 Å². The Balaban J connectivity index is 2.02. The predicted octanol–water partition coefficient (Wildman–Crippen LogP) is 2.34. The van der Waals surface area contributed by atoms with Gasteiger partial charge in [0.25, 0.3) is 0 Å². The predicted molar refractivity (Wildman–Crippen MR) is 90.1 cm³/mol. The summed E-state index contributed by atoms with van der Waals surface area (Å²) in [5.41, 5.74) is 4.17. The van der Waals surface area contributed by atoms with Crippen LogP contribution in [0.2, 0.25) is 0 Å². The molecule has 24 heavy (non-hydrogen) atoms. The van der Waals surface area contributed by atoms with Gasteiger partial charge in [0.2, 0.25) is 0 Å². The lowest BCUT2D eigenvalue weighted by Gasteiger charge is -2.08. The molecule has 0 spiro atoms. The van der Waals surface area contributed by atoms with Gasteiger partial charge in [-0.3, -0.25) is 0 Å². The van der Waals surface area contributed by atoms with Crippen molar-refractivity contribution in [2.75, 3.05) is 13.2 Å². The van der Waals surface area contributed by atoms with Crippen molar-refractivity contribution in [2.24, 2.45) is 0 Å². The van der Waals surface area contributed by atoms with Gasteiger partial charge in [-0.1, -0.05) is 35.5 Å². The maximum Gasteiger partial charge on any atom is 0.331 e. The summed E-state index contributed by atoms with van der Waals surface area (Å²) in [5.74, 6) is -0.482. The van der Waals surface area contributed by atoms with Gasteiger partial charge in [0.1, 0.15) is 12.3 Å². The summed E-state index contributed by atoms with van der Waals surface area (Å²) in [7, 11) is 0. The van der Waals surface area contributed by atoms with E-state index in [0.29, 0.717) is 0 Å². The number of aliphatic hydroxyl groups is 1. The van der Waals surface area contributed by atoms with Crippen LogP contribution in [0.5, 0.6) is 0 Å². The summed E-state index contributed by atoms with van der Waals surface area (Å²) >= 11 is 0. The summed E-state index contributed by atoms with van der Waals surface area (Å²) in [4.78, 5) is 11.8. The number of pyridine rings is 1. The first kappa shape index (κ1) is 15.9. The summed E-state index contributed by atoms with van der Waals surface area (Å²) in [5, 5.41) is 17.1. The molecule has 0 aliphatic heterocycles. The normalized spacial score (nSPS) is 11.7. The fourth-order valence-corrected chi connectivity index (χ4v) is 2.51. The zero-order valence-corrected chi connectivity index (χ0v) is 13.2. The first-order valence-electron chi connectivity index (χ1n) is 7.56. The van der Waals surface area contributed by atoms with Crippen LogP contribution >= 0.6 is 0 Å².